The van der Waals surface area contributed by atoms with Crippen LogP contribution in [0.4, 0.5) is 11.8 Å². The fourth-order valence-corrected chi connectivity index (χ4v) is 4.76. The zero-order chi connectivity index (χ0) is 22.8. The number of likely N-dealkylation sites (tertiary alicyclic amines) is 1. The number of anilines is 1. The number of hydrogen-bond donors (Lipinski definition) is 1. The van der Waals surface area contributed by atoms with E-state index in [-0.39, 0.29) is 6.04 Å². The Labute approximate surface area is 198 Å². The molecular formula is C24H28ClN6O2-. The van der Waals surface area contributed by atoms with Crippen molar-refractivity contribution in [3.8, 4) is 17.0 Å². The number of likely N-dealkylation sites (N-methyl/N-ethyl adjacent to an activating group) is 1. The molecule has 1 N–H and O–H groups in total. The zero-order valence-electron chi connectivity index (χ0n) is 18.9. The molecule has 33 heavy (non-hydrogen) atoms. The van der Waals surface area contributed by atoms with Gasteiger partial charge in [-0.25, -0.2) is 4.98 Å². The lowest BCUT2D eigenvalue weighted by Crippen LogP contribution is -2.31. The zero-order valence-corrected chi connectivity index (χ0v) is 19.7. The third-order valence-electron chi connectivity index (χ3n) is 6.39. The van der Waals surface area contributed by atoms with E-state index in [4.69, 9.17) is 31.0 Å². The molecule has 2 fully saturated rings. The van der Waals surface area contributed by atoms with Crippen molar-refractivity contribution >= 4 is 34.3 Å². The molecule has 0 spiro atoms. The summed E-state index contributed by atoms with van der Waals surface area (Å²) in [4.78, 5) is 16.6. The molecule has 9 heteroatoms. The van der Waals surface area contributed by atoms with Crippen LogP contribution in [0.1, 0.15) is 19.3 Å². The third-order valence-corrected chi connectivity index (χ3v) is 6.78. The fourth-order valence-electron chi connectivity index (χ4n) is 4.46. The van der Waals surface area contributed by atoms with Gasteiger partial charge in [-0.2, -0.15) is 0 Å². The van der Waals surface area contributed by atoms with Crippen molar-refractivity contribution in [1.29, 1.82) is 0 Å². The number of fused-ring (bicyclic) bond motifs is 1. The molecule has 174 valence electrons. The molecule has 2 aliphatic heterocycles. The summed E-state index contributed by atoms with van der Waals surface area (Å²) in [7, 11) is 3.78. The van der Waals surface area contributed by atoms with Crippen LogP contribution in [-0.4, -0.2) is 72.4 Å². The summed E-state index contributed by atoms with van der Waals surface area (Å²) >= 11 is 6.62. The highest BCUT2D eigenvalue weighted by atomic mass is 35.5. The first kappa shape index (κ1) is 22.1. The smallest absolute Gasteiger partial charge is 0.138 e. The summed E-state index contributed by atoms with van der Waals surface area (Å²) in [6.07, 6.45) is 5.08. The van der Waals surface area contributed by atoms with E-state index in [1.807, 2.05) is 30.5 Å². The van der Waals surface area contributed by atoms with Gasteiger partial charge in [0, 0.05) is 42.3 Å². The molecule has 5 rings (SSSR count). The highest BCUT2D eigenvalue weighted by molar-refractivity contribution is 6.34. The van der Waals surface area contributed by atoms with Crippen molar-refractivity contribution in [2.45, 2.75) is 31.3 Å². The molecule has 0 saturated carbocycles. The van der Waals surface area contributed by atoms with E-state index >= 15 is 0 Å². The first-order valence-electron chi connectivity index (χ1n) is 11.4. The van der Waals surface area contributed by atoms with E-state index in [1.165, 1.54) is 12.8 Å². The van der Waals surface area contributed by atoms with Crippen LogP contribution in [0, 0.1) is 0 Å². The standard InChI is InChI=1S/C24H28ClN6O2/c1-31-9-4-5-17(31)13-26-23-22-15(12-27-24(30-22)28-16-8-10-33-14-16)11-19(29-23)18-6-3-7-20(32-2)21(18)25/h3,6-7,11-12,16-17H,4-5,8-10,13-14H2,1-2H3,(H-,26,27,28,29,30)/q-1. The normalized spacial score (nSPS) is 20.9. The van der Waals surface area contributed by atoms with E-state index in [1.54, 1.807) is 7.11 Å². The Morgan fingerprint density at radius 1 is 1.30 bits per heavy atom. The molecule has 0 amide bonds. The number of halogens is 1. The van der Waals surface area contributed by atoms with Crippen molar-refractivity contribution in [1.82, 2.24) is 19.9 Å². The van der Waals surface area contributed by atoms with Crippen LogP contribution in [0.5, 0.6) is 5.75 Å². The second-order valence-corrected chi connectivity index (χ2v) is 8.97. The molecule has 2 aliphatic rings. The fraction of sp³-hybridized carbons (Fsp3) is 0.458. The molecule has 0 aliphatic carbocycles. The van der Waals surface area contributed by atoms with Crippen LogP contribution >= 0.6 is 11.6 Å². The number of benzene rings is 1. The number of pyridine rings is 1. The van der Waals surface area contributed by atoms with Gasteiger partial charge in [0.2, 0.25) is 0 Å². The van der Waals surface area contributed by atoms with Gasteiger partial charge in [-0.1, -0.05) is 23.7 Å². The third kappa shape index (κ3) is 4.69. The number of nitrogens with one attached hydrogen (secondary N) is 1. The van der Waals surface area contributed by atoms with Crippen LogP contribution in [-0.2, 0) is 4.74 Å². The second kappa shape index (κ2) is 9.67. The molecule has 0 radical (unpaired) electrons. The van der Waals surface area contributed by atoms with E-state index in [0.29, 0.717) is 35.2 Å². The van der Waals surface area contributed by atoms with Gasteiger partial charge < -0.3 is 35.0 Å². The van der Waals surface area contributed by atoms with Gasteiger partial charge in [-0.05, 0) is 56.6 Å². The number of ether oxygens (including phenoxy) is 2. The predicted octanol–water partition coefficient (Wildman–Crippen LogP) is 4.65. The van der Waals surface area contributed by atoms with Crippen LogP contribution in [0.15, 0.2) is 30.5 Å². The quantitative estimate of drug-likeness (QED) is 0.541. The molecule has 2 unspecified atom stereocenters. The summed E-state index contributed by atoms with van der Waals surface area (Å²) in [5.74, 6) is 1.79. The minimum absolute atomic E-state index is 0.105. The summed E-state index contributed by atoms with van der Waals surface area (Å²) in [6.45, 7) is 3.26. The second-order valence-electron chi connectivity index (χ2n) is 8.59. The predicted molar refractivity (Wildman–Crippen MR) is 131 cm³/mol. The molecule has 3 aromatic rings. The van der Waals surface area contributed by atoms with Gasteiger partial charge in [0.25, 0.3) is 0 Å². The van der Waals surface area contributed by atoms with Gasteiger partial charge in [0.05, 0.1) is 24.4 Å². The number of nitrogens with zero attached hydrogens (tertiary/aromatic N) is 5. The summed E-state index contributed by atoms with van der Waals surface area (Å²) in [5.41, 5.74) is 2.30. The Bertz CT molecular complexity index is 1140. The molecule has 2 saturated heterocycles. The lowest BCUT2D eigenvalue weighted by atomic mass is 10.1. The van der Waals surface area contributed by atoms with Crippen molar-refractivity contribution in [2.24, 2.45) is 0 Å². The van der Waals surface area contributed by atoms with Crippen molar-refractivity contribution in [3.05, 3.63) is 40.8 Å². The number of aromatic nitrogens is 3. The topological polar surface area (TPSA) is 86.5 Å². The van der Waals surface area contributed by atoms with E-state index in [0.717, 1.165) is 48.3 Å². The minimum Gasteiger partial charge on any atom is -0.495 e. The van der Waals surface area contributed by atoms with Crippen LogP contribution in [0.3, 0.4) is 0 Å². The number of methoxy groups -OCH3 is 1. The lowest BCUT2D eigenvalue weighted by molar-refractivity contribution is 0.196. The summed E-state index contributed by atoms with van der Waals surface area (Å²) < 4.78 is 10.8. The van der Waals surface area contributed by atoms with E-state index in [2.05, 4.69) is 27.6 Å². The van der Waals surface area contributed by atoms with Crippen molar-refractivity contribution in [2.75, 3.05) is 45.8 Å². The Kier molecular flexibility index (Phi) is 6.48. The Morgan fingerprint density at radius 2 is 2.21 bits per heavy atom. The highest BCUT2D eigenvalue weighted by Gasteiger charge is 2.21. The molecule has 0 bridgehead atoms. The Hall–Kier alpha value is -2.68. The molecular weight excluding hydrogens is 440 g/mol. The molecule has 2 atom stereocenters. The van der Waals surface area contributed by atoms with Crippen molar-refractivity contribution < 1.29 is 9.47 Å². The molecule has 2 aromatic heterocycles. The molecule has 4 heterocycles. The SMILES string of the molecule is COc1cccc(-c2cc3cnc([N-]C4CCOC4)nc3c(NCC3CCCN3C)n2)c1Cl. The monoisotopic (exact) mass is 467 g/mol. The largest absolute Gasteiger partial charge is 0.495 e. The average molecular weight is 468 g/mol. The van der Waals surface area contributed by atoms with E-state index < -0.39 is 0 Å². The minimum atomic E-state index is 0.105. The van der Waals surface area contributed by atoms with Crippen molar-refractivity contribution in [3.63, 3.8) is 0 Å². The van der Waals surface area contributed by atoms with Gasteiger partial charge in [0.1, 0.15) is 11.6 Å². The first-order chi connectivity index (χ1) is 16.1. The van der Waals surface area contributed by atoms with E-state index in [9.17, 15) is 0 Å². The Balaban J connectivity index is 1.53. The average Bonchev–Trinajstić information content (AvgIpc) is 3.49. The molecule has 1 aromatic carbocycles. The van der Waals surface area contributed by atoms with Gasteiger partial charge in [-0.3, -0.25) is 0 Å². The van der Waals surface area contributed by atoms with Crippen LogP contribution in [0.2, 0.25) is 5.02 Å². The van der Waals surface area contributed by atoms with Gasteiger partial charge >= 0.3 is 0 Å². The van der Waals surface area contributed by atoms with Crippen LogP contribution in [0.25, 0.3) is 27.5 Å². The van der Waals surface area contributed by atoms with Gasteiger partial charge in [0.15, 0.2) is 0 Å². The first-order valence-corrected chi connectivity index (χ1v) is 11.7. The summed E-state index contributed by atoms with van der Waals surface area (Å²) in [5, 5.41) is 9.63. The molecule has 8 nitrogen and oxygen atoms in total. The maximum absolute atomic E-state index is 6.62. The maximum Gasteiger partial charge on any atom is 0.138 e. The highest BCUT2D eigenvalue weighted by Crippen LogP contribution is 2.37. The van der Waals surface area contributed by atoms with Gasteiger partial charge in [-0.15, -0.1) is 0 Å². The number of rotatable bonds is 7. The van der Waals surface area contributed by atoms with Crippen LogP contribution < -0.4 is 10.1 Å². The number of hydrogen-bond acceptors (Lipinski definition) is 7. The lowest BCUT2D eigenvalue weighted by Gasteiger charge is -2.23. The summed E-state index contributed by atoms with van der Waals surface area (Å²) in [6, 6.07) is 8.23. The maximum atomic E-state index is 6.62. The Morgan fingerprint density at radius 3 is 2.97 bits per heavy atom.